The van der Waals surface area contributed by atoms with Crippen LogP contribution >= 0.6 is 24.0 Å². The molecular formula is C11H15FIN3. The molecule has 88 valence electrons. The van der Waals surface area contributed by atoms with Crippen molar-refractivity contribution < 1.29 is 4.39 Å². The zero-order valence-corrected chi connectivity index (χ0v) is 11.2. The summed E-state index contributed by atoms with van der Waals surface area (Å²) >= 11 is 0. The van der Waals surface area contributed by atoms with E-state index < -0.39 is 0 Å². The van der Waals surface area contributed by atoms with Crippen LogP contribution in [0.5, 0.6) is 0 Å². The van der Waals surface area contributed by atoms with Gasteiger partial charge in [0.1, 0.15) is 5.82 Å². The Labute approximate surface area is 112 Å². The van der Waals surface area contributed by atoms with Crippen molar-refractivity contribution in [3.05, 3.63) is 35.6 Å². The van der Waals surface area contributed by atoms with Gasteiger partial charge in [0.15, 0.2) is 5.96 Å². The second-order valence-electron chi connectivity index (χ2n) is 3.46. The average Bonchev–Trinajstić information content (AvgIpc) is 2.29. The van der Waals surface area contributed by atoms with Gasteiger partial charge in [0, 0.05) is 25.2 Å². The highest BCUT2D eigenvalue weighted by molar-refractivity contribution is 14.0. The van der Waals surface area contributed by atoms with E-state index >= 15 is 0 Å². The van der Waals surface area contributed by atoms with Crippen molar-refractivity contribution in [2.45, 2.75) is 13.0 Å². The summed E-state index contributed by atoms with van der Waals surface area (Å²) in [6, 6.07) is 6.75. The van der Waals surface area contributed by atoms with Crippen LogP contribution in [0.1, 0.15) is 12.0 Å². The molecule has 2 N–H and O–H groups in total. The maximum absolute atomic E-state index is 13.2. The fourth-order valence-corrected chi connectivity index (χ4v) is 1.47. The Morgan fingerprint density at radius 2 is 2.19 bits per heavy atom. The van der Waals surface area contributed by atoms with Gasteiger partial charge in [0.25, 0.3) is 0 Å². The molecule has 16 heavy (non-hydrogen) atoms. The van der Waals surface area contributed by atoms with E-state index in [-0.39, 0.29) is 29.8 Å². The van der Waals surface area contributed by atoms with Crippen molar-refractivity contribution in [2.24, 2.45) is 4.99 Å². The number of halogens is 2. The number of benzene rings is 1. The third-order valence-electron chi connectivity index (χ3n) is 2.30. The smallest absolute Gasteiger partial charge is 0.191 e. The SMILES string of the molecule is Fc1ccccc1CNC1=NCCCN1.I. The lowest BCUT2D eigenvalue weighted by Gasteiger charge is -2.16. The second-order valence-corrected chi connectivity index (χ2v) is 3.46. The minimum atomic E-state index is -0.179. The van der Waals surface area contributed by atoms with Gasteiger partial charge in [-0.1, -0.05) is 18.2 Å². The van der Waals surface area contributed by atoms with E-state index in [1.807, 2.05) is 6.07 Å². The van der Waals surface area contributed by atoms with Crippen molar-refractivity contribution in [3.8, 4) is 0 Å². The van der Waals surface area contributed by atoms with Gasteiger partial charge in [-0.3, -0.25) is 4.99 Å². The summed E-state index contributed by atoms with van der Waals surface area (Å²) in [5.74, 6) is 0.589. The van der Waals surface area contributed by atoms with Crippen molar-refractivity contribution in [3.63, 3.8) is 0 Å². The van der Waals surface area contributed by atoms with Crippen LogP contribution in [0.25, 0.3) is 0 Å². The highest BCUT2D eigenvalue weighted by Crippen LogP contribution is 2.05. The number of nitrogens with one attached hydrogen (secondary N) is 2. The number of rotatable bonds is 2. The zero-order chi connectivity index (χ0) is 10.5. The third kappa shape index (κ3) is 3.62. The fraction of sp³-hybridized carbons (Fsp3) is 0.364. The molecule has 1 heterocycles. The Morgan fingerprint density at radius 3 is 2.88 bits per heavy atom. The molecule has 3 nitrogen and oxygen atoms in total. The van der Waals surface area contributed by atoms with Crippen LogP contribution in [-0.4, -0.2) is 19.0 Å². The van der Waals surface area contributed by atoms with E-state index in [2.05, 4.69) is 15.6 Å². The predicted molar refractivity (Wildman–Crippen MR) is 73.6 cm³/mol. The Kier molecular flexibility index (Phi) is 5.51. The van der Waals surface area contributed by atoms with E-state index in [9.17, 15) is 4.39 Å². The predicted octanol–water partition coefficient (Wildman–Crippen LogP) is 1.88. The van der Waals surface area contributed by atoms with Crippen molar-refractivity contribution in [2.75, 3.05) is 13.1 Å². The molecule has 0 saturated heterocycles. The molecule has 1 aliphatic heterocycles. The van der Waals surface area contributed by atoms with E-state index in [1.165, 1.54) is 6.07 Å². The molecule has 2 rings (SSSR count). The summed E-state index contributed by atoms with van der Waals surface area (Å²) in [6.45, 7) is 2.24. The standard InChI is InChI=1S/C11H14FN3.HI/c12-10-5-2-1-4-9(10)8-15-11-13-6-3-7-14-11;/h1-2,4-5H,3,6-8H2,(H2,13,14,15);1H. The molecule has 5 heteroatoms. The largest absolute Gasteiger partial charge is 0.356 e. The lowest BCUT2D eigenvalue weighted by Crippen LogP contribution is -2.40. The minimum Gasteiger partial charge on any atom is -0.356 e. The molecule has 0 saturated carbocycles. The summed E-state index contributed by atoms with van der Waals surface area (Å²) < 4.78 is 13.2. The fourth-order valence-electron chi connectivity index (χ4n) is 1.47. The summed E-state index contributed by atoms with van der Waals surface area (Å²) in [6.07, 6.45) is 1.06. The van der Waals surface area contributed by atoms with Crippen LogP contribution in [0.4, 0.5) is 4.39 Å². The van der Waals surface area contributed by atoms with E-state index in [4.69, 9.17) is 0 Å². The molecule has 0 aliphatic carbocycles. The number of hydrogen-bond acceptors (Lipinski definition) is 3. The molecule has 1 aromatic carbocycles. The van der Waals surface area contributed by atoms with Gasteiger partial charge in [-0.25, -0.2) is 4.39 Å². The van der Waals surface area contributed by atoms with Crippen LogP contribution in [0, 0.1) is 5.82 Å². The van der Waals surface area contributed by atoms with Crippen LogP contribution in [0.3, 0.4) is 0 Å². The van der Waals surface area contributed by atoms with Crippen LogP contribution < -0.4 is 10.6 Å². The summed E-state index contributed by atoms with van der Waals surface area (Å²) in [5.41, 5.74) is 0.660. The lowest BCUT2D eigenvalue weighted by molar-refractivity contribution is 0.603. The van der Waals surface area contributed by atoms with Crippen LogP contribution in [-0.2, 0) is 6.54 Å². The summed E-state index contributed by atoms with van der Waals surface area (Å²) in [4.78, 5) is 4.25. The molecule has 0 aromatic heterocycles. The van der Waals surface area contributed by atoms with Crippen molar-refractivity contribution >= 4 is 29.9 Å². The molecule has 0 amide bonds. The average molecular weight is 335 g/mol. The molecule has 0 spiro atoms. The maximum Gasteiger partial charge on any atom is 0.191 e. The van der Waals surface area contributed by atoms with Crippen LogP contribution in [0.15, 0.2) is 29.3 Å². The molecular weight excluding hydrogens is 320 g/mol. The van der Waals surface area contributed by atoms with Gasteiger partial charge in [0.05, 0.1) is 0 Å². The Balaban J connectivity index is 0.00000128. The summed E-state index contributed by atoms with van der Waals surface area (Å²) in [5, 5.41) is 6.20. The summed E-state index contributed by atoms with van der Waals surface area (Å²) in [7, 11) is 0. The highest BCUT2D eigenvalue weighted by Gasteiger charge is 2.04. The van der Waals surface area contributed by atoms with Crippen molar-refractivity contribution in [1.29, 1.82) is 0 Å². The molecule has 0 fully saturated rings. The first-order valence-corrected chi connectivity index (χ1v) is 5.12. The van der Waals surface area contributed by atoms with Crippen molar-refractivity contribution in [1.82, 2.24) is 10.6 Å². The minimum absolute atomic E-state index is 0. The quantitative estimate of drug-likeness (QED) is 0.810. The monoisotopic (exact) mass is 335 g/mol. The molecule has 0 atom stereocenters. The van der Waals surface area contributed by atoms with E-state index in [0.717, 1.165) is 25.5 Å². The topological polar surface area (TPSA) is 36.4 Å². The van der Waals surface area contributed by atoms with Crippen LogP contribution in [0.2, 0.25) is 0 Å². The van der Waals surface area contributed by atoms with Gasteiger partial charge in [-0.15, -0.1) is 24.0 Å². The van der Waals surface area contributed by atoms with Gasteiger partial charge >= 0.3 is 0 Å². The number of guanidine groups is 1. The molecule has 0 bridgehead atoms. The Bertz CT molecular complexity index is 368. The van der Waals surface area contributed by atoms with Gasteiger partial charge in [-0.05, 0) is 12.5 Å². The van der Waals surface area contributed by atoms with Gasteiger partial charge in [-0.2, -0.15) is 0 Å². The first kappa shape index (κ1) is 13.2. The molecule has 0 unspecified atom stereocenters. The van der Waals surface area contributed by atoms with E-state index in [1.54, 1.807) is 12.1 Å². The zero-order valence-electron chi connectivity index (χ0n) is 8.87. The normalized spacial score (nSPS) is 14.4. The first-order chi connectivity index (χ1) is 7.36. The lowest BCUT2D eigenvalue weighted by atomic mass is 10.2. The highest BCUT2D eigenvalue weighted by atomic mass is 127. The third-order valence-corrected chi connectivity index (χ3v) is 2.30. The second kappa shape index (κ2) is 6.67. The molecule has 1 aliphatic rings. The van der Waals surface area contributed by atoms with Gasteiger partial charge < -0.3 is 10.6 Å². The molecule has 1 aromatic rings. The Morgan fingerprint density at radius 1 is 1.38 bits per heavy atom. The number of hydrogen-bond donors (Lipinski definition) is 2. The number of nitrogens with zero attached hydrogens (tertiary/aromatic N) is 1. The first-order valence-electron chi connectivity index (χ1n) is 5.12. The maximum atomic E-state index is 13.2. The Hall–Kier alpha value is -0.850. The van der Waals surface area contributed by atoms with Gasteiger partial charge in [0.2, 0.25) is 0 Å². The molecule has 0 radical (unpaired) electrons. The number of aliphatic imine (C=N–C) groups is 1. The van der Waals surface area contributed by atoms with E-state index in [0.29, 0.717) is 12.1 Å².